The van der Waals surface area contributed by atoms with Crippen molar-refractivity contribution in [2.75, 3.05) is 19.0 Å². The molecule has 0 heterocycles. The fraction of sp³-hybridized carbons (Fsp3) is 0.364. The van der Waals surface area contributed by atoms with Crippen molar-refractivity contribution in [1.82, 2.24) is 0 Å². The van der Waals surface area contributed by atoms with E-state index in [0.717, 1.165) is 11.4 Å². The minimum absolute atomic E-state index is 0.0670. The van der Waals surface area contributed by atoms with Crippen molar-refractivity contribution in [2.45, 2.75) is 6.92 Å². The first-order chi connectivity index (χ1) is 7.17. The molecule has 4 heteroatoms. The van der Waals surface area contributed by atoms with E-state index in [2.05, 4.69) is 5.32 Å². The normalized spacial score (nSPS) is 11.9. The highest BCUT2D eigenvalue weighted by atomic mass is 16.5. The maximum atomic E-state index is 11.5. The molecule has 4 nitrogen and oxygen atoms in total. The van der Waals surface area contributed by atoms with Crippen molar-refractivity contribution in [3.05, 3.63) is 24.3 Å². The van der Waals surface area contributed by atoms with Gasteiger partial charge in [0.25, 0.3) is 0 Å². The number of rotatable bonds is 4. The molecule has 3 N–H and O–H groups in total. The van der Waals surface area contributed by atoms with Crippen molar-refractivity contribution in [3.63, 3.8) is 0 Å². The fourth-order valence-electron chi connectivity index (χ4n) is 1.05. The summed E-state index contributed by atoms with van der Waals surface area (Å²) in [6, 6.07) is 7.17. The molecule has 1 aromatic rings. The third kappa shape index (κ3) is 3.25. The molecule has 0 saturated carbocycles. The average molecular weight is 208 g/mol. The van der Waals surface area contributed by atoms with Gasteiger partial charge in [0.1, 0.15) is 5.75 Å². The Morgan fingerprint density at radius 2 is 2.07 bits per heavy atom. The summed E-state index contributed by atoms with van der Waals surface area (Å²) in [6.07, 6.45) is 0. The Bertz CT molecular complexity index is 322. The lowest BCUT2D eigenvalue weighted by molar-refractivity contribution is -0.119. The van der Waals surface area contributed by atoms with Crippen LogP contribution < -0.4 is 15.8 Å². The van der Waals surface area contributed by atoms with E-state index in [9.17, 15) is 4.79 Å². The summed E-state index contributed by atoms with van der Waals surface area (Å²) in [5.41, 5.74) is 6.14. The molecule has 1 amide bonds. The summed E-state index contributed by atoms with van der Waals surface area (Å²) >= 11 is 0. The van der Waals surface area contributed by atoms with Crippen LogP contribution in [-0.4, -0.2) is 19.6 Å². The zero-order chi connectivity index (χ0) is 11.3. The van der Waals surface area contributed by atoms with Crippen LogP contribution in [0.3, 0.4) is 0 Å². The molecule has 0 fully saturated rings. The Labute approximate surface area is 89.4 Å². The van der Waals surface area contributed by atoms with E-state index in [1.807, 2.05) is 0 Å². The number of hydrogen-bond acceptors (Lipinski definition) is 3. The number of methoxy groups -OCH3 is 1. The summed E-state index contributed by atoms with van der Waals surface area (Å²) in [7, 11) is 1.60. The van der Waals surface area contributed by atoms with Crippen molar-refractivity contribution in [2.24, 2.45) is 11.7 Å². The Balaban J connectivity index is 2.61. The second-order valence-corrected chi connectivity index (χ2v) is 3.35. The highest BCUT2D eigenvalue weighted by Gasteiger charge is 2.10. The number of carbonyl (C=O) groups is 1. The van der Waals surface area contributed by atoms with Gasteiger partial charge < -0.3 is 15.8 Å². The summed E-state index contributed by atoms with van der Waals surface area (Å²) in [4.78, 5) is 11.5. The monoisotopic (exact) mass is 208 g/mol. The average Bonchev–Trinajstić information content (AvgIpc) is 2.29. The maximum absolute atomic E-state index is 11.5. The highest BCUT2D eigenvalue weighted by Crippen LogP contribution is 2.15. The van der Waals surface area contributed by atoms with Crippen LogP contribution >= 0.6 is 0 Å². The molecule has 1 aromatic carbocycles. The predicted octanol–water partition coefficient (Wildman–Crippen LogP) is 1.23. The molecule has 0 aromatic heterocycles. The number of carbonyl (C=O) groups excluding carboxylic acids is 1. The molecule has 0 aliphatic carbocycles. The van der Waals surface area contributed by atoms with Crippen LogP contribution in [-0.2, 0) is 4.79 Å². The van der Waals surface area contributed by atoms with Gasteiger partial charge >= 0.3 is 0 Å². The van der Waals surface area contributed by atoms with Crippen LogP contribution in [0.4, 0.5) is 5.69 Å². The van der Waals surface area contributed by atoms with Gasteiger partial charge in [0.2, 0.25) is 5.91 Å². The van der Waals surface area contributed by atoms with E-state index in [0.29, 0.717) is 6.54 Å². The lowest BCUT2D eigenvalue weighted by atomic mass is 10.1. The molecule has 15 heavy (non-hydrogen) atoms. The summed E-state index contributed by atoms with van der Waals surface area (Å²) in [5.74, 6) is 0.523. The molecule has 82 valence electrons. The Morgan fingerprint density at radius 1 is 1.47 bits per heavy atom. The van der Waals surface area contributed by atoms with E-state index in [1.165, 1.54) is 0 Å². The molecule has 0 aliphatic heterocycles. The number of anilines is 1. The molecule has 1 rings (SSSR count). The van der Waals surface area contributed by atoms with Crippen molar-refractivity contribution < 1.29 is 9.53 Å². The van der Waals surface area contributed by atoms with Crippen molar-refractivity contribution >= 4 is 11.6 Å². The van der Waals surface area contributed by atoms with E-state index >= 15 is 0 Å². The first-order valence-corrected chi connectivity index (χ1v) is 4.82. The van der Waals surface area contributed by atoms with Crippen LogP contribution in [0, 0.1) is 5.92 Å². The third-order valence-electron chi connectivity index (χ3n) is 2.16. The van der Waals surface area contributed by atoms with Gasteiger partial charge in [-0.05, 0) is 24.3 Å². The minimum Gasteiger partial charge on any atom is -0.497 e. The second kappa shape index (κ2) is 5.36. The lowest BCUT2D eigenvalue weighted by Crippen LogP contribution is -2.26. The molecular weight excluding hydrogens is 192 g/mol. The summed E-state index contributed by atoms with van der Waals surface area (Å²) < 4.78 is 5.01. The minimum atomic E-state index is -0.174. The largest absolute Gasteiger partial charge is 0.497 e. The third-order valence-corrected chi connectivity index (χ3v) is 2.16. The van der Waals surface area contributed by atoms with Gasteiger partial charge in [-0.2, -0.15) is 0 Å². The zero-order valence-corrected chi connectivity index (χ0v) is 8.99. The van der Waals surface area contributed by atoms with Gasteiger partial charge in [-0.15, -0.1) is 0 Å². The molecular formula is C11H16N2O2. The maximum Gasteiger partial charge on any atom is 0.228 e. The van der Waals surface area contributed by atoms with Crippen LogP contribution in [0.15, 0.2) is 24.3 Å². The second-order valence-electron chi connectivity index (χ2n) is 3.35. The predicted molar refractivity (Wildman–Crippen MR) is 59.8 cm³/mol. The van der Waals surface area contributed by atoms with Gasteiger partial charge in [-0.3, -0.25) is 4.79 Å². The van der Waals surface area contributed by atoms with E-state index in [4.69, 9.17) is 10.5 Å². The molecule has 0 aliphatic rings. The number of nitrogens with two attached hydrogens (primary N) is 1. The number of hydrogen-bond donors (Lipinski definition) is 2. The summed E-state index contributed by atoms with van der Waals surface area (Å²) in [6.45, 7) is 2.14. The number of ether oxygens (including phenoxy) is 1. The Kier molecular flexibility index (Phi) is 4.12. The zero-order valence-electron chi connectivity index (χ0n) is 8.99. The SMILES string of the molecule is COc1ccc(NC(=O)C(C)CN)cc1. The number of nitrogens with one attached hydrogen (secondary N) is 1. The molecule has 0 spiro atoms. The van der Waals surface area contributed by atoms with Crippen LogP contribution in [0.25, 0.3) is 0 Å². The van der Waals surface area contributed by atoms with Crippen LogP contribution in [0.5, 0.6) is 5.75 Å². The first-order valence-electron chi connectivity index (χ1n) is 4.82. The fourth-order valence-corrected chi connectivity index (χ4v) is 1.05. The topological polar surface area (TPSA) is 64.3 Å². The van der Waals surface area contributed by atoms with E-state index in [1.54, 1.807) is 38.3 Å². The molecule has 0 bridgehead atoms. The van der Waals surface area contributed by atoms with Gasteiger partial charge in [0.15, 0.2) is 0 Å². The van der Waals surface area contributed by atoms with Gasteiger partial charge in [-0.25, -0.2) is 0 Å². The van der Waals surface area contributed by atoms with Crippen molar-refractivity contribution in [3.8, 4) is 5.75 Å². The number of amides is 1. The molecule has 0 radical (unpaired) electrons. The first kappa shape index (κ1) is 11.5. The summed E-state index contributed by atoms with van der Waals surface area (Å²) in [5, 5.41) is 2.77. The van der Waals surface area contributed by atoms with Crippen LogP contribution in [0.1, 0.15) is 6.92 Å². The van der Waals surface area contributed by atoms with Crippen molar-refractivity contribution in [1.29, 1.82) is 0 Å². The smallest absolute Gasteiger partial charge is 0.228 e. The van der Waals surface area contributed by atoms with Gasteiger partial charge in [0.05, 0.1) is 7.11 Å². The standard InChI is InChI=1S/C11H16N2O2/c1-8(7-12)11(14)13-9-3-5-10(15-2)6-4-9/h3-6,8H,7,12H2,1-2H3,(H,13,14). The molecule has 1 atom stereocenters. The highest BCUT2D eigenvalue weighted by molar-refractivity contribution is 5.92. The molecule has 0 saturated heterocycles. The molecule has 1 unspecified atom stereocenters. The van der Waals surface area contributed by atoms with Crippen LogP contribution in [0.2, 0.25) is 0 Å². The lowest BCUT2D eigenvalue weighted by Gasteiger charge is -2.10. The quantitative estimate of drug-likeness (QED) is 0.782. The Hall–Kier alpha value is -1.55. The van der Waals surface area contributed by atoms with E-state index in [-0.39, 0.29) is 11.8 Å². The number of benzene rings is 1. The van der Waals surface area contributed by atoms with Gasteiger partial charge in [-0.1, -0.05) is 6.92 Å². The van der Waals surface area contributed by atoms with Gasteiger partial charge in [0, 0.05) is 18.2 Å². The van der Waals surface area contributed by atoms with E-state index < -0.39 is 0 Å². The Morgan fingerprint density at radius 3 is 2.53 bits per heavy atom.